The average Bonchev–Trinajstić information content (AvgIpc) is 2.39. The van der Waals surface area contributed by atoms with E-state index >= 15 is 0 Å². The van der Waals surface area contributed by atoms with E-state index in [1.165, 1.54) is 5.56 Å². The summed E-state index contributed by atoms with van der Waals surface area (Å²) in [4.78, 5) is 0. The Morgan fingerprint density at radius 1 is 1.26 bits per heavy atom. The fraction of sp³-hybridized carbons (Fsp3) is 0.200. The third-order valence-corrected chi connectivity index (χ3v) is 4.12. The van der Waals surface area contributed by atoms with Crippen LogP contribution < -0.4 is 5.32 Å². The van der Waals surface area contributed by atoms with Gasteiger partial charge in [-0.1, -0.05) is 29.8 Å². The fourth-order valence-corrected chi connectivity index (χ4v) is 2.34. The van der Waals surface area contributed by atoms with Crippen molar-refractivity contribution < 1.29 is 5.11 Å². The molecule has 0 heterocycles. The number of aryl methyl sites for hydroxylation is 1. The molecule has 1 atom stereocenters. The summed E-state index contributed by atoms with van der Waals surface area (Å²) in [7, 11) is 0. The number of nitrogens with one attached hydrogen (secondary N) is 1. The summed E-state index contributed by atoms with van der Waals surface area (Å²) in [5.41, 5.74) is 3.12. The lowest BCUT2D eigenvalue weighted by Gasteiger charge is -2.19. The fourth-order valence-electron chi connectivity index (χ4n) is 1.90. The molecule has 2 rings (SSSR count). The molecule has 0 amide bonds. The minimum Gasteiger partial charge on any atom is -0.394 e. The van der Waals surface area contributed by atoms with Gasteiger partial charge in [-0.15, -0.1) is 0 Å². The van der Waals surface area contributed by atoms with Crippen LogP contribution in [0.25, 0.3) is 0 Å². The Morgan fingerprint density at radius 3 is 2.68 bits per heavy atom. The maximum absolute atomic E-state index is 9.55. The van der Waals surface area contributed by atoms with Crippen molar-refractivity contribution in [3.8, 4) is 0 Å². The molecule has 0 aliphatic carbocycles. The molecular weight excluding hydrogens is 326 g/mol. The van der Waals surface area contributed by atoms with Gasteiger partial charge in [-0.25, -0.2) is 0 Å². The molecule has 0 fully saturated rings. The molecule has 0 saturated carbocycles. The van der Waals surface area contributed by atoms with Crippen LogP contribution in [0.15, 0.2) is 46.9 Å². The van der Waals surface area contributed by atoms with Gasteiger partial charge in [0.2, 0.25) is 0 Å². The largest absolute Gasteiger partial charge is 0.394 e. The van der Waals surface area contributed by atoms with E-state index in [9.17, 15) is 5.11 Å². The van der Waals surface area contributed by atoms with Crippen LogP contribution >= 0.6 is 27.5 Å². The number of halogens is 2. The molecule has 0 aromatic heterocycles. The highest BCUT2D eigenvalue weighted by molar-refractivity contribution is 9.10. The first-order valence-electron chi connectivity index (χ1n) is 5.99. The number of aliphatic hydroxyl groups excluding tert-OH is 1. The van der Waals surface area contributed by atoms with Crippen LogP contribution in [0.4, 0.5) is 5.69 Å². The second kappa shape index (κ2) is 6.42. The van der Waals surface area contributed by atoms with Crippen LogP contribution in [-0.2, 0) is 0 Å². The minimum absolute atomic E-state index is 0.00586. The Labute approximate surface area is 126 Å². The molecule has 0 radical (unpaired) electrons. The van der Waals surface area contributed by atoms with Crippen molar-refractivity contribution in [2.45, 2.75) is 13.0 Å². The maximum atomic E-state index is 9.55. The Kier molecular flexibility index (Phi) is 4.86. The van der Waals surface area contributed by atoms with Gasteiger partial charge in [-0.3, -0.25) is 0 Å². The first-order valence-corrected chi connectivity index (χ1v) is 7.16. The van der Waals surface area contributed by atoms with Crippen molar-refractivity contribution in [1.82, 2.24) is 0 Å². The molecule has 1 unspecified atom stereocenters. The van der Waals surface area contributed by atoms with E-state index in [2.05, 4.69) is 21.2 Å². The van der Waals surface area contributed by atoms with Gasteiger partial charge in [0.25, 0.3) is 0 Å². The quantitative estimate of drug-likeness (QED) is 0.855. The maximum Gasteiger partial charge on any atom is 0.0745 e. The van der Waals surface area contributed by atoms with Crippen molar-refractivity contribution in [2.24, 2.45) is 0 Å². The number of anilines is 1. The van der Waals surface area contributed by atoms with E-state index in [0.29, 0.717) is 5.02 Å². The average molecular weight is 341 g/mol. The third kappa shape index (κ3) is 3.72. The topological polar surface area (TPSA) is 32.3 Å². The Morgan fingerprint density at radius 2 is 2.05 bits per heavy atom. The highest BCUT2D eigenvalue weighted by atomic mass is 79.9. The van der Waals surface area contributed by atoms with Gasteiger partial charge in [0.05, 0.1) is 17.7 Å². The van der Waals surface area contributed by atoms with Gasteiger partial charge in [0.15, 0.2) is 0 Å². The molecular formula is C15H15BrClNO. The van der Waals surface area contributed by atoms with E-state index in [1.807, 2.05) is 49.4 Å². The van der Waals surface area contributed by atoms with Crippen LogP contribution in [0.5, 0.6) is 0 Å². The highest BCUT2D eigenvalue weighted by Gasteiger charge is 2.11. The van der Waals surface area contributed by atoms with Gasteiger partial charge in [0.1, 0.15) is 0 Å². The SMILES string of the molecule is Cc1cccc(NC(CO)c2ccc(Br)c(Cl)c2)c1. The summed E-state index contributed by atoms with van der Waals surface area (Å²) in [6.07, 6.45) is 0. The zero-order valence-electron chi connectivity index (χ0n) is 10.5. The second-order valence-corrected chi connectivity index (χ2v) is 5.68. The minimum atomic E-state index is -0.174. The summed E-state index contributed by atoms with van der Waals surface area (Å²) < 4.78 is 0.852. The standard InChI is InChI=1S/C15H15BrClNO/c1-10-3-2-4-12(7-10)18-15(9-19)11-5-6-13(16)14(17)8-11/h2-8,15,18-19H,9H2,1H3. The first-order chi connectivity index (χ1) is 9.10. The lowest BCUT2D eigenvalue weighted by molar-refractivity contribution is 0.276. The lowest BCUT2D eigenvalue weighted by atomic mass is 10.1. The van der Waals surface area contributed by atoms with Crippen LogP contribution in [-0.4, -0.2) is 11.7 Å². The van der Waals surface area contributed by atoms with E-state index in [0.717, 1.165) is 15.7 Å². The number of aliphatic hydroxyl groups is 1. The van der Waals surface area contributed by atoms with Crippen LogP contribution in [0, 0.1) is 6.92 Å². The Hall–Kier alpha value is -1.03. The van der Waals surface area contributed by atoms with Gasteiger partial charge in [0, 0.05) is 10.2 Å². The zero-order valence-corrected chi connectivity index (χ0v) is 12.9. The molecule has 2 aromatic carbocycles. The third-order valence-electron chi connectivity index (χ3n) is 2.89. The monoisotopic (exact) mass is 339 g/mol. The van der Waals surface area contributed by atoms with Crippen molar-refractivity contribution in [2.75, 3.05) is 11.9 Å². The highest BCUT2D eigenvalue weighted by Crippen LogP contribution is 2.27. The smallest absolute Gasteiger partial charge is 0.0745 e. The van der Waals surface area contributed by atoms with Crippen molar-refractivity contribution >= 4 is 33.2 Å². The Balaban J connectivity index is 2.22. The van der Waals surface area contributed by atoms with Crippen molar-refractivity contribution in [1.29, 1.82) is 0 Å². The van der Waals surface area contributed by atoms with Gasteiger partial charge >= 0.3 is 0 Å². The molecule has 0 spiro atoms. The van der Waals surface area contributed by atoms with Gasteiger partial charge in [-0.05, 0) is 58.2 Å². The van der Waals surface area contributed by atoms with Crippen LogP contribution in [0.1, 0.15) is 17.2 Å². The molecule has 2 N–H and O–H groups in total. The zero-order chi connectivity index (χ0) is 13.8. The molecule has 0 aliphatic heterocycles. The second-order valence-electron chi connectivity index (χ2n) is 4.42. The summed E-state index contributed by atoms with van der Waals surface area (Å²) in [5, 5.41) is 13.5. The summed E-state index contributed by atoms with van der Waals surface area (Å²) in [6.45, 7) is 2.04. The Bertz CT molecular complexity index is 574. The number of rotatable bonds is 4. The summed E-state index contributed by atoms with van der Waals surface area (Å²) in [5.74, 6) is 0. The molecule has 2 nitrogen and oxygen atoms in total. The predicted octanol–water partition coefficient (Wildman–Crippen LogP) is 4.56. The molecule has 0 bridgehead atoms. The van der Waals surface area contributed by atoms with E-state index < -0.39 is 0 Å². The first kappa shape index (κ1) is 14.4. The van der Waals surface area contributed by atoms with Gasteiger partial charge < -0.3 is 10.4 Å². The van der Waals surface area contributed by atoms with Gasteiger partial charge in [-0.2, -0.15) is 0 Å². The molecule has 0 saturated heterocycles. The van der Waals surface area contributed by atoms with E-state index in [-0.39, 0.29) is 12.6 Å². The van der Waals surface area contributed by atoms with Crippen LogP contribution in [0.3, 0.4) is 0 Å². The van der Waals surface area contributed by atoms with E-state index in [4.69, 9.17) is 11.6 Å². The lowest BCUT2D eigenvalue weighted by Crippen LogP contribution is -2.14. The molecule has 19 heavy (non-hydrogen) atoms. The van der Waals surface area contributed by atoms with Crippen LogP contribution in [0.2, 0.25) is 5.02 Å². The summed E-state index contributed by atoms with van der Waals surface area (Å²) >= 11 is 9.45. The number of benzene rings is 2. The summed E-state index contributed by atoms with van der Waals surface area (Å²) in [6, 6.07) is 13.6. The molecule has 100 valence electrons. The van der Waals surface area contributed by atoms with Crippen molar-refractivity contribution in [3.05, 3.63) is 63.1 Å². The molecule has 4 heteroatoms. The molecule has 0 aliphatic rings. The van der Waals surface area contributed by atoms with Crippen molar-refractivity contribution in [3.63, 3.8) is 0 Å². The van der Waals surface area contributed by atoms with E-state index in [1.54, 1.807) is 0 Å². The predicted molar refractivity (Wildman–Crippen MR) is 83.8 cm³/mol. The normalized spacial score (nSPS) is 12.2. The number of hydrogen-bond donors (Lipinski definition) is 2. The molecule has 2 aromatic rings. The number of hydrogen-bond acceptors (Lipinski definition) is 2.